The minimum atomic E-state index is -0.770. The number of hydrogen-bond acceptors (Lipinski definition) is 5. The summed E-state index contributed by atoms with van der Waals surface area (Å²) in [5.74, 6) is -0.774. The molecule has 0 unspecified atom stereocenters. The molecular weight excluding hydrogens is 506 g/mol. The molecule has 2 aliphatic rings. The van der Waals surface area contributed by atoms with E-state index in [4.69, 9.17) is 21.4 Å². The van der Waals surface area contributed by atoms with Crippen LogP contribution in [0.4, 0.5) is 10.5 Å². The Morgan fingerprint density at radius 3 is 2.45 bits per heavy atom. The summed E-state index contributed by atoms with van der Waals surface area (Å²) in [6.07, 6.45) is -0.626. The summed E-state index contributed by atoms with van der Waals surface area (Å²) in [7, 11) is 0. The van der Waals surface area contributed by atoms with E-state index in [0.717, 1.165) is 21.3 Å². The second-order valence-electron chi connectivity index (χ2n) is 7.75. The van der Waals surface area contributed by atoms with E-state index in [1.54, 1.807) is 11.1 Å². The van der Waals surface area contributed by atoms with E-state index >= 15 is 0 Å². The number of hydrogen-bond donors (Lipinski definition) is 0. The highest BCUT2D eigenvalue weighted by Crippen LogP contribution is 2.39. The molecule has 0 N–H and O–H groups in total. The molecule has 0 saturated carbocycles. The van der Waals surface area contributed by atoms with Gasteiger partial charge in [0.15, 0.2) is 0 Å². The molecule has 8 heteroatoms. The van der Waals surface area contributed by atoms with Crippen LogP contribution >= 0.6 is 27.5 Å². The summed E-state index contributed by atoms with van der Waals surface area (Å²) < 4.78 is 5.97. The largest absolute Gasteiger partial charge is 0.447 e. The lowest BCUT2D eigenvalue weighted by Crippen LogP contribution is -2.48. The van der Waals surface area contributed by atoms with Crippen molar-refractivity contribution in [1.82, 2.24) is 4.90 Å². The van der Waals surface area contributed by atoms with E-state index < -0.39 is 18.1 Å². The van der Waals surface area contributed by atoms with Crippen LogP contribution in [-0.4, -0.2) is 41.8 Å². The quantitative estimate of drug-likeness (QED) is 0.455. The number of rotatable bonds is 4. The number of cyclic esters (lactones) is 1. The molecule has 2 heterocycles. The van der Waals surface area contributed by atoms with Crippen LogP contribution in [0.3, 0.4) is 0 Å². The molecule has 1 saturated heterocycles. The molecule has 5 rings (SSSR count). The van der Waals surface area contributed by atoms with Crippen molar-refractivity contribution in [3.05, 3.63) is 99.5 Å². The summed E-state index contributed by atoms with van der Waals surface area (Å²) in [5.41, 5.74) is 3.18. The monoisotopic (exact) mass is 523 g/mol. The fourth-order valence-electron chi connectivity index (χ4n) is 4.23. The molecule has 2 atom stereocenters. The van der Waals surface area contributed by atoms with Gasteiger partial charge in [-0.05, 0) is 47.5 Å². The van der Waals surface area contributed by atoms with Gasteiger partial charge in [0.2, 0.25) is 0 Å². The van der Waals surface area contributed by atoms with Gasteiger partial charge in [-0.1, -0.05) is 70.0 Å². The number of nitrogens with zero attached hydrogens (tertiary/aromatic N) is 3. The average Bonchev–Trinajstić information content (AvgIpc) is 3.44. The lowest BCUT2D eigenvalue weighted by Gasteiger charge is -2.29. The number of carbonyl (C=O) groups is 2. The molecule has 1 fully saturated rings. The first kappa shape index (κ1) is 21.7. The minimum absolute atomic E-state index is 0.188. The highest BCUT2D eigenvalue weighted by molar-refractivity contribution is 9.10. The molecule has 33 heavy (non-hydrogen) atoms. The topological polar surface area (TPSA) is 62.2 Å². The van der Waals surface area contributed by atoms with Gasteiger partial charge in [0, 0.05) is 9.50 Å². The lowest BCUT2D eigenvalue weighted by atomic mass is 9.84. The van der Waals surface area contributed by atoms with Gasteiger partial charge in [0.1, 0.15) is 12.6 Å². The first-order chi connectivity index (χ1) is 16.0. The normalized spacial score (nSPS) is 20.1. The zero-order valence-electron chi connectivity index (χ0n) is 17.4. The van der Waals surface area contributed by atoms with Crippen LogP contribution in [0.15, 0.2) is 88.4 Å². The Morgan fingerprint density at radius 1 is 1.03 bits per heavy atom. The Bertz CT molecular complexity index is 1230. The summed E-state index contributed by atoms with van der Waals surface area (Å²) in [6.45, 7) is 0.407. The van der Waals surface area contributed by atoms with E-state index in [1.165, 1.54) is 4.90 Å². The minimum Gasteiger partial charge on any atom is -0.447 e. The number of imide groups is 1. The number of hydrazone groups is 1. The average molecular weight is 525 g/mol. The molecular formula is C25H19BrClN3O3. The second-order valence-corrected chi connectivity index (χ2v) is 9.11. The second kappa shape index (κ2) is 9.00. The maximum atomic E-state index is 13.8. The van der Waals surface area contributed by atoms with Gasteiger partial charge < -0.3 is 4.74 Å². The van der Waals surface area contributed by atoms with Gasteiger partial charge in [0.05, 0.1) is 23.9 Å². The standard InChI is InChI=1S/C25H19BrClN3O3/c26-18-9-11-20(12-10-18)30-23(24(31)29-13-14-33-25(29)32)21(16-5-2-1-3-6-16)22(28-30)17-7-4-8-19(27)15-17/h1-12,15,21,23H,13-14H2/t21-,23-/m1/s1. The third kappa shape index (κ3) is 4.14. The Kier molecular flexibility index (Phi) is 5.91. The molecule has 3 aromatic carbocycles. The van der Waals surface area contributed by atoms with Gasteiger partial charge in [-0.2, -0.15) is 5.10 Å². The fraction of sp³-hybridized carbons (Fsp3) is 0.160. The number of ether oxygens (including phenoxy) is 1. The van der Waals surface area contributed by atoms with Crippen LogP contribution in [-0.2, 0) is 9.53 Å². The highest BCUT2D eigenvalue weighted by atomic mass is 79.9. The maximum absolute atomic E-state index is 13.8. The van der Waals surface area contributed by atoms with Crippen LogP contribution < -0.4 is 5.01 Å². The number of carbonyl (C=O) groups excluding carboxylic acids is 2. The van der Waals surface area contributed by atoms with Crippen LogP contribution in [0, 0.1) is 0 Å². The third-order valence-electron chi connectivity index (χ3n) is 5.74. The van der Waals surface area contributed by atoms with E-state index in [2.05, 4.69) is 15.9 Å². The van der Waals surface area contributed by atoms with Crippen molar-refractivity contribution in [3.8, 4) is 0 Å². The van der Waals surface area contributed by atoms with E-state index in [-0.39, 0.29) is 19.1 Å². The Morgan fingerprint density at radius 2 is 1.79 bits per heavy atom. The van der Waals surface area contributed by atoms with Gasteiger partial charge in [-0.25, -0.2) is 9.69 Å². The van der Waals surface area contributed by atoms with Crippen LogP contribution in [0.5, 0.6) is 0 Å². The Balaban J connectivity index is 1.68. The van der Waals surface area contributed by atoms with E-state index in [9.17, 15) is 9.59 Å². The zero-order valence-corrected chi connectivity index (χ0v) is 19.7. The van der Waals surface area contributed by atoms with Gasteiger partial charge in [0.25, 0.3) is 5.91 Å². The fourth-order valence-corrected chi connectivity index (χ4v) is 4.68. The van der Waals surface area contributed by atoms with Crippen molar-refractivity contribution in [3.63, 3.8) is 0 Å². The van der Waals surface area contributed by atoms with Gasteiger partial charge in [-0.3, -0.25) is 9.80 Å². The van der Waals surface area contributed by atoms with Crippen LogP contribution in [0.1, 0.15) is 17.0 Å². The van der Waals surface area contributed by atoms with Crippen molar-refractivity contribution in [2.24, 2.45) is 5.10 Å². The van der Waals surface area contributed by atoms with Crippen molar-refractivity contribution in [2.45, 2.75) is 12.0 Å². The SMILES string of the molecule is O=C1OCCN1C(=O)[C@H]1[C@H](c2ccccc2)C(c2cccc(Cl)c2)=NN1c1ccc(Br)cc1. The smallest absolute Gasteiger partial charge is 0.416 e. The molecule has 2 amide bonds. The molecule has 3 aromatic rings. The molecule has 0 radical (unpaired) electrons. The maximum Gasteiger partial charge on any atom is 0.416 e. The van der Waals surface area contributed by atoms with E-state index in [1.807, 2.05) is 72.8 Å². The van der Waals surface area contributed by atoms with Crippen LogP contribution in [0.2, 0.25) is 5.02 Å². The number of benzene rings is 3. The van der Waals surface area contributed by atoms with Crippen molar-refractivity contribution in [1.29, 1.82) is 0 Å². The number of halogens is 2. The van der Waals surface area contributed by atoms with Gasteiger partial charge in [-0.15, -0.1) is 0 Å². The highest BCUT2D eigenvalue weighted by Gasteiger charge is 2.48. The Labute approximate surface area is 204 Å². The molecule has 6 nitrogen and oxygen atoms in total. The lowest BCUT2D eigenvalue weighted by molar-refractivity contribution is -0.129. The number of anilines is 1. The molecule has 2 aliphatic heterocycles. The summed E-state index contributed by atoms with van der Waals surface area (Å²) in [4.78, 5) is 27.3. The first-order valence-electron chi connectivity index (χ1n) is 10.5. The predicted molar refractivity (Wildman–Crippen MR) is 131 cm³/mol. The number of amides is 2. The van der Waals surface area contributed by atoms with Gasteiger partial charge >= 0.3 is 6.09 Å². The zero-order chi connectivity index (χ0) is 22.9. The summed E-state index contributed by atoms with van der Waals surface area (Å²) in [5, 5.41) is 7.21. The van der Waals surface area contributed by atoms with Crippen LogP contribution in [0.25, 0.3) is 0 Å². The Hall–Kier alpha value is -3.16. The molecule has 0 bridgehead atoms. The van der Waals surface area contributed by atoms with Crippen molar-refractivity contribution in [2.75, 3.05) is 18.2 Å². The summed E-state index contributed by atoms with van der Waals surface area (Å²) >= 11 is 9.76. The third-order valence-corrected chi connectivity index (χ3v) is 6.50. The predicted octanol–water partition coefficient (Wildman–Crippen LogP) is 5.46. The molecule has 0 aliphatic carbocycles. The first-order valence-corrected chi connectivity index (χ1v) is 11.6. The molecule has 0 spiro atoms. The summed E-state index contributed by atoms with van der Waals surface area (Å²) in [6, 6.07) is 23.9. The van der Waals surface area contributed by atoms with E-state index in [0.29, 0.717) is 10.7 Å². The van der Waals surface area contributed by atoms with Crippen molar-refractivity contribution < 1.29 is 14.3 Å². The molecule has 0 aromatic heterocycles. The van der Waals surface area contributed by atoms with Crippen molar-refractivity contribution >= 4 is 50.9 Å². The molecule has 166 valence electrons.